The standard InChI is InChI=1S/C13H16ClNO2/c1-15-5-4-10(8-15)11-3-2-9(6-12(11)14)7-13(16)17/h2-3,6,10H,4-5,7-8H2,1H3,(H,16,17). The van der Waals surface area contributed by atoms with Gasteiger partial charge in [-0.05, 0) is 43.1 Å². The smallest absolute Gasteiger partial charge is 0.307 e. The van der Waals surface area contributed by atoms with E-state index >= 15 is 0 Å². The topological polar surface area (TPSA) is 40.5 Å². The van der Waals surface area contributed by atoms with Gasteiger partial charge < -0.3 is 10.0 Å². The van der Waals surface area contributed by atoms with Gasteiger partial charge in [0.15, 0.2) is 0 Å². The number of carboxylic acid groups (broad SMARTS) is 1. The van der Waals surface area contributed by atoms with Crippen molar-refractivity contribution in [3.05, 3.63) is 34.3 Å². The molecule has 1 aliphatic rings. The fourth-order valence-electron chi connectivity index (χ4n) is 2.38. The molecule has 0 bridgehead atoms. The first-order chi connectivity index (χ1) is 8.06. The predicted octanol–water partition coefficient (Wildman–Crippen LogP) is 2.39. The number of aliphatic carboxylic acids is 1. The van der Waals surface area contributed by atoms with Crippen molar-refractivity contribution in [3.8, 4) is 0 Å². The highest BCUT2D eigenvalue weighted by Gasteiger charge is 2.23. The van der Waals surface area contributed by atoms with Gasteiger partial charge in [-0.15, -0.1) is 0 Å². The van der Waals surface area contributed by atoms with Gasteiger partial charge in [-0.25, -0.2) is 0 Å². The fourth-order valence-corrected chi connectivity index (χ4v) is 2.73. The van der Waals surface area contributed by atoms with Crippen molar-refractivity contribution in [1.82, 2.24) is 4.90 Å². The third kappa shape index (κ3) is 2.99. The van der Waals surface area contributed by atoms with E-state index in [9.17, 15) is 4.79 Å². The van der Waals surface area contributed by atoms with Crippen molar-refractivity contribution in [1.29, 1.82) is 0 Å². The summed E-state index contributed by atoms with van der Waals surface area (Å²) in [6.45, 7) is 2.12. The van der Waals surface area contributed by atoms with Crippen molar-refractivity contribution in [3.63, 3.8) is 0 Å². The Morgan fingerprint density at radius 2 is 2.35 bits per heavy atom. The van der Waals surface area contributed by atoms with Crippen molar-refractivity contribution in [2.75, 3.05) is 20.1 Å². The van der Waals surface area contributed by atoms with Crippen LogP contribution >= 0.6 is 11.6 Å². The van der Waals surface area contributed by atoms with E-state index in [1.807, 2.05) is 12.1 Å². The average molecular weight is 254 g/mol. The number of benzene rings is 1. The highest BCUT2D eigenvalue weighted by atomic mass is 35.5. The van der Waals surface area contributed by atoms with Crippen LogP contribution in [0.1, 0.15) is 23.5 Å². The zero-order chi connectivity index (χ0) is 12.4. The predicted molar refractivity (Wildman–Crippen MR) is 67.6 cm³/mol. The first kappa shape index (κ1) is 12.4. The first-order valence-corrected chi connectivity index (χ1v) is 6.12. The second-order valence-electron chi connectivity index (χ2n) is 4.67. The van der Waals surface area contributed by atoms with Crippen LogP contribution in [0.4, 0.5) is 0 Å². The molecule has 4 heteroatoms. The minimum Gasteiger partial charge on any atom is -0.481 e. The monoisotopic (exact) mass is 253 g/mol. The zero-order valence-electron chi connectivity index (χ0n) is 9.82. The van der Waals surface area contributed by atoms with Crippen LogP contribution in [0.15, 0.2) is 18.2 Å². The van der Waals surface area contributed by atoms with E-state index in [4.69, 9.17) is 16.7 Å². The number of carboxylic acids is 1. The molecule has 2 rings (SSSR count). The molecule has 17 heavy (non-hydrogen) atoms. The molecule has 1 N–H and O–H groups in total. The number of halogens is 1. The Kier molecular flexibility index (Phi) is 3.69. The number of hydrogen-bond acceptors (Lipinski definition) is 2. The van der Waals surface area contributed by atoms with Gasteiger partial charge in [-0.2, -0.15) is 0 Å². The summed E-state index contributed by atoms with van der Waals surface area (Å²) in [7, 11) is 2.10. The molecule has 1 saturated heterocycles. The molecule has 92 valence electrons. The third-order valence-electron chi connectivity index (χ3n) is 3.25. The van der Waals surface area contributed by atoms with Gasteiger partial charge in [0.2, 0.25) is 0 Å². The molecule has 1 fully saturated rings. The number of rotatable bonds is 3. The van der Waals surface area contributed by atoms with Gasteiger partial charge in [0.1, 0.15) is 0 Å². The summed E-state index contributed by atoms with van der Waals surface area (Å²) in [5.41, 5.74) is 1.91. The van der Waals surface area contributed by atoms with Crippen molar-refractivity contribution in [2.45, 2.75) is 18.8 Å². The van der Waals surface area contributed by atoms with Crippen LogP contribution in [-0.4, -0.2) is 36.1 Å². The van der Waals surface area contributed by atoms with Gasteiger partial charge >= 0.3 is 5.97 Å². The highest BCUT2D eigenvalue weighted by molar-refractivity contribution is 6.31. The Morgan fingerprint density at radius 3 is 2.88 bits per heavy atom. The number of likely N-dealkylation sites (N-methyl/N-ethyl adjacent to an activating group) is 1. The molecule has 0 spiro atoms. The molecule has 0 aromatic heterocycles. The van der Waals surface area contributed by atoms with Crippen molar-refractivity contribution >= 4 is 17.6 Å². The summed E-state index contributed by atoms with van der Waals surface area (Å²) in [6, 6.07) is 5.63. The highest BCUT2D eigenvalue weighted by Crippen LogP contribution is 2.32. The summed E-state index contributed by atoms with van der Waals surface area (Å²) >= 11 is 6.23. The minimum absolute atomic E-state index is 0.0323. The van der Waals surface area contributed by atoms with Crippen LogP contribution in [-0.2, 0) is 11.2 Å². The number of nitrogens with zero attached hydrogens (tertiary/aromatic N) is 1. The second-order valence-corrected chi connectivity index (χ2v) is 5.08. The van der Waals surface area contributed by atoms with Crippen molar-refractivity contribution < 1.29 is 9.90 Å². The normalized spacial score (nSPS) is 20.7. The Labute approximate surface area is 106 Å². The first-order valence-electron chi connectivity index (χ1n) is 5.75. The summed E-state index contributed by atoms with van der Waals surface area (Å²) in [5.74, 6) is -0.346. The Balaban J connectivity index is 2.17. The van der Waals surface area contributed by atoms with Gasteiger partial charge in [0, 0.05) is 11.6 Å². The summed E-state index contributed by atoms with van der Waals surface area (Å²) in [6.07, 6.45) is 1.15. The molecule has 1 aromatic carbocycles. The van der Waals surface area contributed by atoms with E-state index in [-0.39, 0.29) is 6.42 Å². The van der Waals surface area contributed by atoms with Crippen LogP contribution in [0.3, 0.4) is 0 Å². The van der Waals surface area contributed by atoms with Gasteiger partial charge in [-0.3, -0.25) is 4.79 Å². The lowest BCUT2D eigenvalue weighted by molar-refractivity contribution is -0.136. The molecular weight excluding hydrogens is 238 g/mol. The Bertz CT molecular complexity index is 433. The molecule has 0 aliphatic carbocycles. The molecule has 0 amide bonds. The Hall–Kier alpha value is -1.06. The van der Waals surface area contributed by atoms with Crippen LogP contribution in [0, 0.1) is 0 Å². The van der Waals surface area contributed by atoms with E-state index in [2.05, 4.69) is 11.9 Å². The van der Waals surface area contributed by atoms with Crippen LogP contribution < -0.4 is 0 Å². The van der Waals surface area contributed by atoms with Gasteiger partial charge in [-0.1, -0.05) is 23.7 Å². The zero-order valence-corrected chi connectivity index (χ0v) is 10.6. The van der Waals surface area contributed by atoms with Gasteiger partial charge in [0.05, 0.1) is 6.42 Å². The molecule has 1 atom stereocenters. The maximum absolute atomic E-state index is 10.6. The maximum atomic E-state index is 10.6. The molecule has 3 nitrogen and oxygen atoms in total. The van der Waals surface area contributed by atoms with E-state index < -0.39 is 5.97 Å². The average Bonchev–Trinajstić information content (AvgIpc) is 2.64. The molecule has 1 unspecified atom stereocenters. The number of carbonyl (C=O) groups is 1. The molecule has 0 radical (unpaired) electrons. The lowest BCUT2D eigenvalue weighted by atomic mass is 9.96. The Morgan fingerprint density at radius 1 is 1.59 bits per heavy atom. The molecule has 1 aromatic rings. The van der Waals surface area contributed by atoms with Crippen molar-refractivity contribution in [2.24, 2.45) is 0 Å². The summed E-state index contributed by atoms with van der Waals surface area (Å²) in [4.78, 5) is 12.9. The quantitative estimate of drug-likeness (QED) is 0.899. The van der Waals surface area contributed by atoms with E-state index in [0.29, 0.717) is 10.9 Å². The molecule has 1 aliphatic heterocycles. The fraction of sp³-hybridized carbons (Fsp3) is 0.462. The maximum Gasteiger partial charge on any atom is 0.307 e. The molecule has 0 saturated carbocycles. The summed E-state index contributed by atoms with van der Waals surface area (Å²) < 4.78 is 0. The lowest BCUT2D eigenvalue weighted by Crippen LogP contribution is -2.13. The van der Waals surface area contributed by atoms with Gasteiger partial charge in [0.25, 0.3) is 0 Å². The third-order valence-corrected chi connectivity index (χ3v) is 3.58. The van der Waals surface area contributed by atoms with E-state index in [0.717, 1.165) is 30.6 Å². The second kappa shape index (κ2) is 5.07. The molecule has 1 heterocycles. The van der Waals surface area contributed by atoms with E-state index in [1.165, 1.54) is 0 Å². The summed E-state index contributed by atoms with van der Waals surface area (Å²) in [5, 5.41) is 9.42. The minimum atomic E-state index is -0.825. The van der Waals surface area contributed by atoms with Crippen LogP contribution in [0.5, 0.6) is 0 Å². The van der Waals surface area contributed by atoms with Crippen LogP contribution in [0.25, 0.3) is 0 Å². The SMILES string of the molecule is CN1CCC(c2ccc(CC(=O)O)cc2Cl)C1. The van der Waals surface area contributed by atoms with E-state index in [1.54, 1.807) is 6.07 Å². The lowest BCUT2D eigenvalue weighted by Gasteiger charge is -2.13. The largest absolute Gasteiger partial charge is 0.481 e. The number of hydrogen-bond donors (Lipinski definition) is 1. The molecular formula is C13H16ClNO2. The number of likely N-dealkylation sites (tertiary alicyclic amines) is 1. The van der Waals surface area contributed by atoms with Crippen LogP contribution in [0.2, 0.25) is 5.02 Å².